The quantitative estimate of drug-likeness (QED) is 0.759. The van der Waals surface area contributed by atoms with E-state index in [9.17, 15) is 4.79 Å². The minimum absolute atomic E-state index is 0.0579. The first-order valence-electron chi connectivity index (χ1n) is 5.11. The fraction of sp³-hybridized carbons (Fsp3) is 0.417. The van der Waals surface area contributed by atoms with Crippen LogP contribution in [0.1, 0.15) is 30.1 Å². The van der Waals surface area contributed by atoms with Gasteiger partial charge in [-0.05, 0) is 30.9 Å². The van der Waals surface area contributed by atoms with E-state index < -0.39 is 0 Å². The van der Waals surface area contributed by atoms with Gasteiger partial charge in [0.05, 0.1) is 0 Å². The molecule has 1 aliphatic rings. The van der Waals surface area contributed by atoms with Crippen molar-refractivity contribution in [2.75, 3.05) is 0 Å². The average Bonchev–Trinajstić information content (AvgIpc) is 2.17. The van der Waals surface area contributed by atoms with Crippen LogP contribution >= 0.6 is 0 Å². The third-order valence-corrected chi connectivity index (χ3v) is 2.74. The molecule has 0 aliphatic heterocycles. The second-order valence-corrected chi connectivity index (χ2v) is 4.11. The van der Waals surface area contributed by atoms with Gasteiger partial charge >= 0.3 is 0 Å². The Morgan fingerprint density at radius 1 is 1.29 bits per heavy atom. The highest BCUT2D eigenvalue weighted by Crippen LogP contribution is 2.26. The van der Waals surface area contributed by atoms with Gasteiger partial charge in [-0.1, -0.05) is 25.1 Å². The minimum atomic E-state index is 0.0579. The summed E-state index contributed by atoms with van der Waals surface area (Å²) in [5.41, 5.74) is 0.757. The number of hydrogen-bond donors (Lipinski definition) is 1. The highest BCUT2D eigenvalue weighted by molar-refractivity contribution is 5.94. The van der Waals surface area contributed by atoms with Crippen molar-refractivity contribution >= 4 is 5.91 Å². The fourth-order valence-corrected chi connectivity index (χ4v) is 1.88. The van der Waals surface area contributed by atoms with Crippen LogP contribution in [0.25, 0.3) is 0 Å². The van der Waals surface area contributed by atoms with Crippen molar-refractivity contribution in [3.05, 3.63) is 35.9 Å². The van der Waals surface area contributed by atoms with Gasteiger partial charge in [0.2, 0.25) is 0 Å². The van der Waals surface area contributed by atoms with E-state index >= 15 is 0 Å². The molecule has 0 bridgehead atoms. The number of carbonyl (C=O) groups is 1. The Bertz CT molecular complexity index is 314. The first kappa shape index (κ1) is 9.25. The predicted octanol–water partition coefficient (Wildman–Crippen LogP) is 2.21. The van der Waals surface area contributed by atoms with Crippen LogP contribution in [0.2, 0.25) is 0 Å². The van der Waals surface area contributed by atoms with E-state index in [0.29, 0.717) is 6.04 Å². The fourth-order valence-electron chi connectivity index (χ4n) is 1.88. The molecule has 1 N–H and O–H groups in total. The zero-order chi connectivity index (χ0) is 9.97. The van der Waals surface area contributed by atoms with Crippen molar-refractivity contribution in [2.45, 2.75) is 25.8 Å². The van der Waals surface area contributed by atoms with Crippen LogP contribution in [0.4, 0.5) is 0 Å². The molecule has 0 unspecified atom stereocenters. The van der Waals surface area contributed by atoms with Gasteiger partial charge in [0.25, 0.3) is 5.91 Å². The highest BCUT2D eigenvalue weighted by Gasteiger charge is 2.26. The van der Waals surface area contributed by atoms with Crippen molar-refractivity contribution in [2.24, 2.45) is 5.92 Å². The average molecular weight is 189 g/mol. The van der Waals surface area contributed by atoms with Gasteiger partial charge in [-0.3, -0.25) is 4.79 Å². The SMILES string of the molecule is CC1CC(NC(=O)c2ccccc2)C1. The van der Waals surface area contributed by atoms with Gasteiger partial charge < -0.3 is 5.32 Å². The van der Waals surface area contributed by atoms with Crippen LogP contribution in [0, 0.1) is 5.92 Å². The van der Waals surface area contributed by atoms with Gasteiger partial charge in [-0.25, -0.2) is 0 Å². The second-order valence-electron chi connectivity index (χ2n) is 4.11. The number of benzene rings is 1. The molecule has 0 atom stereocenters. The summed E-state index contributed by atoms with van der Waals surface area (Å²) in [4.78, 5) is 11.6. The van der Waals surface area contributed by atoms with E-state index in [4.69, 9.17) is 0 Å². The van der Waals surface area contributed by atoms with Crippen LogP contribution in [0.15, 0.2) is 30.3 Å². The number of rotatable bonds is 2. The molecule has 2 nitrogen and oxygen atoms in total. The molecule has 0 aromatic heterocycles. The van der Waals surface area contributed by atoms with Crippen LogP contribution in [0.3, 0.4) is 0 Å². The maximum absolute atomic E-state index is 11.6. The summed E-state index contributed by atoms with van der Waals surface area (Å²) in [6, 6.07) is 9.78. The lowest BCUT2D eigenvalue weighted by Gasteiger charge is -2.33. The third-order valence-electron chi connectivity index (χ3n) is 2.74. The van der Waals surface area contributed by atoms with E-state index in [2.05, 4.69) is 12.2 Å². The van der Waals surface area contributed by atoms with Gasteiger partial charge in [0.15, 0.2) is 0 Å². The molecule has 0 saturated heterocycles. The van der Waals surface area contributed by atoms with Gasteiger partial charge in [0.1, 0.15) is 0 Å². The minimum Gasteiger partial charge on any atom is -0.349 e. The molecule has 1 fully saturated rings. The number of hydrogen-bond acceptors (Lipinski definition) is 1. The Hall–Kier alpha value is -1.31. The molecule has 0 spiro atoms. The van der Waals surface area contributed by atoms with Gasteiger partial charge in [0, 0.05) is 11.6 Å². The topological polar surface area (TPSA) is 29.1 Å². The lowest BCUT2D eigenvalue weighted by atomic mass is 9.82. The number of nitrogens with one attached hydrogen (secondary N) is 1. The third kappa shape index (κ3) is 1.95. The summed E-state index contributed by atoms with van der Waals surface area (Å²) in [6.07, 6.45) is 2.25. The molecule has 1 aliphatic carbocycles. The molecule has 0 heterocycles. The molecule has 2 rings (SSSR count). The summed E-state index contributed by atoms with van der Waals surface area (Å²) in [5, 5.41) is 3.02. The maximum atomic E-state index is 11.6. The van der Waals surface area contributed by atoms with Crippen LogP contribution in [0.5, 0.6) is 0 Å². The summed E-state index contributed by atoms with van der Waals surface area (Å²) in [7, 11) is 0. The van der Waals surface area contributed by atoms with Gasteiger partial charge in [-0.2, -0.15) is 0 Å². The first-order valence-corrected chi connectivity index (χ1v) is 5.11. The van der Waals surface area contributed by atoms with Crippen LogP contribution < -0.4 is 5.32 Å². The Morgan fingerprint density at radius 2 is 1.93 bits per heavy atom. The largest absolute Gasteiger partial charge is 0.349 e. The van der Waals surface area contributed by atoms with E-state index in [1.807, 2.05) is 30.3 Å². The molecule has 1 amide bonds. The molecule has 1 aromatic rings. The first-order chi connectivity index (χ1) is 6.75. The van der Waals surface area contributed by atoms with Crippen molar-refractivity contribution in [1.29, 1.82) is 0 Å². The zero-order valence-electron chi connectivity index (χ0n) is 8.36. The van der Waals surface area contributed by atoms with E-state index in [-0.39, 0.29) is 5.91 Å². The smallest absolute Gasteiger partial charge is 0.251 e. The Balaban J connectivity index is 1.90. The molecule has 1 aromatic carbocycles. The monoisotopic (exact) mass is 189 g/mol. The lowest BCUT2D eigenvalue weighted by molar-refractivity contribution is 0.0896. The summed E-state index contributed by atoms with van der Waals surface area (Å²) < 4.78 is 0. The van der Waals surface area contributed by atoms with E-state index in [1.54, 1.807) is 0 Å². The van der Waals surface area contributed by atoms with Crippen LogP contribution in [-0.2, 0) is 0 Å². The Morgan fingerprint density at radius 3 is 2.50 bits per heavy atom. The molecule has 74 valence electrons. The summed E-state index contributed by atoms with van der Waals surface area (Å²) in [6.45, 7) is 2.21. The zero-order valence-corrected chi connectivity index (χ0v) is 8.36. The van der Waals surface area contributed by atoms with Crippen LogP contribution in [-0.4, -0.2) is 11.9 Å². The Labute approximate surface area is 84.3 Å². The molecule has 14 heavy (non-hydrogen) atoms. The maximum Gasteiger partial charge on any atom is 0.251 e. The molecule has 2 heteroatoms. The predicted molar refractivity (Wildman–Crippen MR) is 56.1 cm³/mol. The van der Waals surface area contributed by atoms with Crippen molar-refractivity contribution in [3.8, 4) is 0 Å². The second kappa shape index (κ2) is 3.82. The molecule has 0 radical (unpaired) electrons. The number of carbonyl (C=O) groups excluding carboxylic acids is 1. The number of amides is 1. The lowest BCUT2D eigenvalue weighted by Crippen LogP contribution is -2.43. The van der Waals surface area contributed by atoms with Crippen molar-refractivity contribution < 1.29 is 4.79 Å². The van der Waals surface area contributed by atoms with E-state index in [1.165, 1.54) is 0 Å². The van der Waals surface area contributed by atoms with Crippen molar-refractivity contribution in [1.82, 2.24) is 5.32 Å². The molecular formula is C12H15NO. The Kier molecular flexibility index (Phi) is 2.53. The summed E-state index contributed by atoms with van der Waals surface area (Å²) in [5.74, 6) is 0.832. The standard InChI is InChI=1S/C12H15NO/c1-9-7-11(8-9)13-12(14)10-5-3-2-4-6-10/h2-6,9,11H,7-8H2,1H3,(H,13,14). The van der Waals surface area contributed by atoms with E-state index in [0.717, 1.165) is 24.3 Å². The molecule has 1 saturated carbocycles. The summed E-state index contributed by atoms with van der Waals surface area (Å²) >= 11 is 0. The van der Waals surface area contributed by atoms with Gasteiger partial charge in [-0.15, -0.1) is 0 Å². The normalized spacial score (nSPS) is 25.2. The van der Waals surface area contributed by atoms with Crippen molar-refractivity contribution in [3.63, 3.8) is 0 Å². The highest BCUT2D eigenvalue weighted by atomic mass is 16.1. The molecular weight excluding hydrogens is 174 g/mol.